The van der Waals surface area contributed by atoms with Crippen LogP contribution in [0.1, 0.15) is 19.8 Å². The number of nitrogens with zero attached hydrogens (tertiary/aromatic N) is 2. The molecule has 3 nitrogen and oxygen atoms in total. The van der Waals surface area contributed by atoms with Crippen LogP contribution in [0.3, 0.4) is 0 Å². The molecule has 0 saturated carbocycles. The van der Waals surface area contributed by atoms with Gasteiger partial charge in [-0.05, 0) is 50.6 Å². The lowest BCUT2D eigenvalue weighted by atomic mass is 9.98. The number of benzene rings is 1. The standard InChI is InChI=1S/C16H24FN3/c1-13-12-16(6-7-18-13)20-10-8-19(9-11-20)15-4-2-14(17)3-5-15/h2-5,13,16,18H,6-12H2,1H3. The average Bonchev–Trinajstić information content (AvgIpc) is 2.48. The minimum absolute atomic E-state index is 0.156. The van der Waals surface area contributed by atoms with Gasteiger partial charge in [-0.3, -0.25) is 4.90 Å². The average molecular weight is 277 g/mol. The van der Waals surface area contributed by atoms with Gasteiger partial charge in [-0.1, -0.05) is 0 Å². The first-order chi connectivity index (χ1) is 9.72. The Morgan fingerprint density at radius 1 is 1.10 bits per heavy atom. The smallest absolute Gasteiger partial charge is 0.123 e. The van der Waals surface area contributed by atoms with E-state index in [0.717, 1.165) is 44.5 Å². The van der Waals surface area contributed by atoms with Gasteiger partial charge >= 0.3 is 0 Å². The molecule has 0 amide bonds. The zero-order valence-electron chi connectivity index (χ0n) is 12.2. The van der Waals surface area contributed by atoms with E-state index in [2.05, 4.69) is 22.0 Å². The summed E-state index contributed by atoms with van der Waals surface area (Å²) in [4.78, 5) is 5.00. The highest BCUT2D eigenvalue weighted by molar-refractivity contribution is 5.46. The molecule has 2 saturated heterocycles. The van der Waals surface area contributed by atoms with Gasteiger partial charge in [0.05, 0.1) is 0 Å². The third-order valence-corrected chi connectivity index (χ3v) is 4.62. The molecule has 2 atom stereocenters. The summed E-state index contributed by atoms with van der Waals surface area (Å²) in [5.74, 6) is -0.156. The molecule has 1 N–H and O–H groups in total. The SMILES string of the molecule is CC1CC(N2CCN(c3ccc(F)cc3)CC2)CCN1. The Kier molecular flexibility index (Phi) is 4.22. The molecule has 0 spiro atoms. The van der Waals surface area contributed by atoms with Crippen molar-refractivity contribution >= 4 is 5.69 Å². The molecule has 0 radical (unpaired) electrons. The highest BCUT2D eigenvalue weighted by Crippen LogP contribution is 2.21. The van der Waals surface area contributed by atoms with Crippen LogP contribution in [-0.2, 0) is 0 Å². The van der Waals surface area contributed by atoms with Crippen molar-refractivity contribution in [3.05, 3.63) is 30.1 Å². The summed E-state index contributed by atoms with van der Waals surface area (Å²) in [6.07, 6.45) is 2.53. The molecule has 4 heteroatoms. The number of hydrogen-bond acceptors (Lipinski definition) is 3. The molecule has 1 aromatic rings. The first-order valence-electron chi connectivity index (χ1n) is 7.70. The van der Waals surface area contributed by atoms with Crippen LogP contribution >= 0.6 is 0 Å². The van der Waals surface area contributed by atoms with Gasteiger partial charge in [0.2, 0.25) is 0 Å². The van der Waals surface area contributed by atoms with Crippen LogP contribution < -0.4 is 10.2 Å². The van der Waals surface area contributed by atoms with Crippen LogP contribution in [0.2, 0.25) is 0 Å². The second-order valence-electron chi connectivity index (χ2n) is 6.03. The molecule has 0 bridgehead atoms. The van der Waals surface area contributed by atoms with E-state index in [1.54, 1.807) is 12.1 Å². The largest absolute Gasteiger partial charge is 0.369 e. The summed E-state index contributed by atoms with van der Waals surface area (Å²) in [5.41, 5.74) is 1.14. The zero-order valence-corrected chi connectivity index (χ0v) is 12.2. The van der Waals surface area contributed by atoms with E-state index in [4.69, 9.17) is 0 Å². The molecule has 110 valence electrons. The van der Waals surface area contributed by atoms with E-state index in [-0.39, 0.29) is 5.82 Å². The summed E-state index contributed by atoms with van der Waals surface area (Å²) in [6.45, 7) is 7.75. The lowest BCUT2D eigenvalue weighted by Crippen LogP contribution is -2.54. The van der Waals surface area contributed by atoms with Gasteiger partial charge < -0.3 is 10.2 Å². The number of nitrogens with one attached hydrogen (secondary N) is 1. The molecule has 2 heterocycles. The van der Waals surface area contributed by atoms with Crippen LogP contribution in [0.4, 0.5) is 10.1 Å². The Morgan fingerprint density at radius 3 is 2.45 bits per heavy atom. The van der Waals surface area contributed by atoms with E-state index in [9.17, 15) is 4.39 Å². The Balaban J connectivity index is 1.55. The Morgan fingerprint density at radius 2 is 1.80 bits per heavy atom. The van der Waals surface area contributed by atoms with E-state index in [1.807, 2.05) is 12.1 Å². The van der Waals surface area contributed by atoms with Crippen molar-refractivity contribution in [1.82, 2.24) is 10.2 Å². The first kappa shape index (κ1) is 13.8. The lowest BCUT2D eigenvalue weighted by molar-refractivity contribution is 0.139. The van der Waals surface area contributed by atoms with Gasteiger partial charge in [-0.15, -0.1) is 0 Å². The second-order valence-corrected chi connectivity index (χ2v) is 6.03. The van der Waals surface area contributed by atoms with Gasteiger partial charge in [0.15, 0.2) is 0 Å². The lowest BCUT2D eigenvalue weighted by Gasteiger charge is -2.42. The third-order valence-electron chi connectivity index (χ3n) is 4.62. The number of rotatable bonds is 2. The Bertz CT molecular complexity index is 426. The fourth-order valence-electron chi connectivity index (χ4n) is 3.43. The predicted molar refractivity (Wildman–Crippen MR) is 80.7 cm³/mol. The molecule has 0 aromatic heterocycles. The first-order valence-corrected chi connectivity index (χ1v) is 7.70. The van der Waals surface area contributed by atoms with Crippen molar-refractivity contribution in [2.45, 2.75) is 31.8 Å². The van der Waals surface area contributed by atoms with Gasteiger partial charge in [-0.2, -0.15) is 0 Å². The van der Waals surface area contributed by atoms with Gasteiger partial charge in [-0.25, -0.2) is 4.39 Å². The summed E-state index contributed by atoms with van der Waals surface area (Å²) in [6, 6.07) is 8.26. The van der Waals surface area contributed by atoms with Crippen LogP contribution in [0.15, 0.2) is 24.3 Å². The number of hydrogen-bond donors (Lipinski definition) is 1. The van der Waals surface area contributed by atoms with Gasteiger partial charge in [0, 0.05) is 44.0 Å². The van der Waals surface area contributed by atoms with Crippen molar-refractivity contribution in [1.29, 1.82) is 0 Å². The van der Waals surface area contributed by atoms with Gasteiger partial charge in [0.1, 0.15) is 5.82 Å². The monoisotopic (exact) mass is 277 g/mol. The van der Waals surface area contributed by atoms with Crippen LogP contribution in [0, 0.1) is 5.82 Å². The summed E-state index contributed by atoms with van der Waals surface area (Å²) >= 11 is 0. The summed E-state index contributed by atoms with van der Waals surface area (Å²) in [5, 5.41) is 3.52. The summed E-state index contributed by atoms with van der Waals surface area (Å²) < 4.78 is 13.0. The van der Waals surface area contributed by atoms with E-state index >= 15 is 0 Å². The predicted octanol–water partition coefficient (Wildman–Crippen LogP) is 2.09. The quantitative estimate of drug-likeness (QED) is 0.893. The number of piperazine rings is 1. The highest BCUT2D eigenvalue weighted by Gasteiger charge is 2.27. The molecule has 2 aliphatic rings. The number of piperidine rings is 1. The summed E-state index contributed by atoms with van der Waals surface area (Å²) in [7, 11) is 0. The number of halogens is 1. The maximum Gasteiger partial charge on any atom is 0.123 e. The third kappa shape index (κ3) is 3.13. The highest BCUT2D eigenvalue weighted by atomic mass is 19.1. The van der Waals surface area contributed by atoms with Crippen molar-refractivity contribution in [2.24, 2.45) is 0 Å². The van der Waals surface area contributed by atoms with Crippen molar-refractivity contribution in [3.8, 4) is 0 Å². The van der Waals surface area contributed by atoms with Crippen LogP contribution in [0.25, 0.3) is 0 Å². The van der Waals surface area contributed by atoms with E-state index in [1.165, 1.54) is 12.8 Å². The fraction of sp³-hybridized carbons (Fsp3) is 0.625. The Labute approximate surface area is 120 Å². The number of anilines is 1. The zero-order chi connectivity index (χ0) is 13.9. The molecular formula is C16H24FN3. The van der Waals surface area contributed by atoms with E-state index in [0.29, 0.717) is 6.04 Å². The fourth-order valence-corrected chi connectivity index (χ4v) is 3.43. The normalized spacial score (nSPS) is 28.6. The molecular weight excluding hydrogens is 253 g/mol. The van der Waals surface area contributed by atoms with Crippen LogP contribution in [-0.4, -0.2) is 49.7 Å². The molecule has 2 aliphatic heterocycles. The van der Waals surface area contributed by atoms with Crippen molar-refractivity contribution in [2.75, 3.05) is 37.6 Å². The molecule has 20 heavy (non-hydrogen) atoms. The van der Waals surface area contributed by atoms with Gasteiger partial charge in [0.25, 0.3) is 0 Å². The molecule has 2 fully saturated rings. The minimum Gasteiger partial charge on any atom is -0.369 e. The second kappa shape index (κ2) is 6.10. The molecule has 2 unspecified atom stereocenters. The Hall–Kier alpha value is -1.13. The maximum atomic E-state index is 13.0. The van der Waals surface area contributed by atoms with Crippen molar-refractivity contribution < 1.29 is 4.39 Å². The van der Waals surface area contributed by atoms with E-state index < -0.39 is 0 Å². The maximum absolute atomic E-state index is 13.0. The molecule has 1 aromatic carbocycles. The molecule has 3 rings (SSSR count). The topological polar surface area (TPSA) is 18.5 Å². The minimum atomic E-state index is -0.156. The van der Waals surface area contributed by atoms with Crippen LogP contribution in [0.5, 0.6) is 0 Å². The molecule has 0 aliphatic carbocycles. The van der Waals surface area contributed by atoms with Crippen molar-refractivity contribution in [3.63, 3.8) is 0 Å².